The third kappa shape index (κ3) is 2.04. The molecular formula is C13H16ClNO. The number of nitrogens with one attached hydrogen (secondary N) is 1. The molecule has 0 amide bonds. The summed E-state index contributed by atoms with van der Waals surface area (Å²) in [7, 11) is 0. The van der Waals surface area contributed by atoms with Crippen molar-refractivity contribution in [3.8, 4) is 5.75 Å². The van der Waals surface area contributed by atoms with E-state index in [-0.39, 0.29) is 6.10 Å². The molecule has 0 saturated heterocycles. The van der Waals surface area contributed by atoms with Gasteiger partial charge in [0.2, 0.25) is 0 Å². The molecule has 1 fully saturated rings. The number of hydrogen-bond donors (Lipinski definition) is 1. The standard InChI is InChI=1S/C13H16ClNO/c1-13(4-5-13)15-8-11-7-9-6-10(14)2-3-12(9)16-11/h2-3,6,11,15H,4-5,7-8H2,1H3. The van der Waals surface area contributed by atoms with E-state index >= 15 is 0 Å². The van der Waals surface area contributed by atoms with E-state index in [9.17, 15) is 0 Å². The molecule has 3 rings (SSSR count). The molecule has 1 aromatic rings. The van der Waals surface area contributed by atoms with Gasteiger partial charge in [-0.05, 0) is 43.5 Å². The van der Waals surface area contributed by atoms with Crippen molar-refractivity contribution in [1.29, 1.82) is 0 Å². The molecule has 1 saturated carbocycles. The van der Waals surface area contributed by atoms with Gasteiger partial charge in [0.1, 0.15) is 11.9 Å². The summed E-state index contributed by atoms with van der Waals surface area (Å²) in [5.74, 6) is 0.997. The average Bonchev–Trinajstić information content (AvgIpc) is 2.85. The van der Waals surface area contributed by atoms with E-state index in [1.165, 1.54) is 18.4 Å². The molecule has 1 aromatic carbocycles. The lowest BCUT2D eigenvalue weighted by molar-refractivity contribution is 0.220. The summed E-state index contributed by atoms with van der Waals surface area (Å²) in [6.45, 7) is 3.20. The van der Waals surface area contributed by atoms with Gasteiger partial charge >= 0.3 is 0 Å². The van der Waals surface area contributed by atoms with E-state index in [2.05, 4.69) is 12.2 Å². The first-order valence-corrected chi connectivity index (χ1v) is 6.23. The molecule has 0 radical (unpaired) electrons. The fraction of sp³-hybridized carbons (Fsp3) is 0.538. The third-order valence-electron chi connectivity index (χ3n) is 3.52. The van der Waals surface area contributed by atoms with E-state index in [1.54, 1.807) is 0 Å². The Morgan fingerprint density at radius 2 is 2.31 bits per heavy atom. The first kappa shape index (κ1) is 10.4. The summed E-state index contributed by atoms with van der Waals surface area (Å²) in [5.41, 5.74) is 1.62. The highest BCUT2D eigenvalue weighted by atomic mass is 35.5. The highest BCUT2D eigenvalue weighted by Gasteiger charge is 2.37. The van der Waals surface area contributed by atoms with Crippen molar-refractivity contribution in [2.45, 2.75) is 37.8 Å². The maximum Gasteiger partial charge on any atom is 0.123 e. The van der Waals surface area contributed by atoms with Gasteiger partial charge in [0.25, 0.3) is 0 Å². The minimum atomic E-state index is 0.269. The Balaban J connectivity index is 1.62. The highest BCUT2D eigenvalue weighted by molar-refractivity contribution is 6.30. The first-order chi connectivity index (χ1) is 7.65. The van der Waals surface area contributed by atoms with Crippen LogP contribution in [0.1, 0.15) is 25.3 Å². The van der Waals surface area contributed by atoms with E-state index in [4.69, 9.17) is 16.3 Å². The average molecular weight is 238 g/mol. The fourth-order valence-corrected chi connectivity index (χ4v) is 2.32. The molecule has 0 spiro atoms. The summed E-state index contributed by atoms with van der Waals surface area (Å²) >= 11 is 5.96. The van der Waals surface area contributed by atoms with Gasteiger partial charge in [-0.1, -0.05) is 11.6 Å². The Labute approximate surface area is 101 Å². The molecule has 0 bridgehead atoms. The molecule has 3 heteroatoms. The summed E-state index contributed by atoms with van der Waals surface area (Å²) in [6.07, 6.45) is 3.82. The quantitative estimate of drug-likeness (QED) is 0.873. The second kappa shape index (κ2) is 3.64. The summed E-state index contributed by atoms with van der Waals surface area (Å²) < 4.78 is 5.86. The molecule has 1 aliphatic carbocycles. The largest absolute Gasteiger partial charge is 0.488 e. The van der Waals surface area contributed by atoms with Crippen LogP contribution in [0.2, 0.25) is 5.02 Å². The molecule has 1 unspecified atom stereocenters. The lowest BCUT2D eigenvalue weighted by atomic mass is 10.1. The second-order valence-electron chi connectivity index (χ2n) is 5.14. The Bertz CT molecular complexity index is 414. The van der Waals surface area contributed by atoms with Crippen LogP contribution >= 0.6 is 11.6 Å². The molecule has 2 nitrogen and oxygen atoms in total. The van der Waals surface area contributed by atoms with Crippen molar-refractivity contribution in [3.63, 3.8) is 0 Å². The van der Waals surface area contributed by atoms with Crippen LogP contribution in [0.3, 0.4) is 0 Å². The topological polar surface area (TPSA) is 21.3 Å². The molecule has 1 heterocycles. The van der Waals surface area contributed by atoms with Crippen molar-refractivity contribution in [1.82, 2.24) is 5.32 Å². The van der Waals surface area contributed by atoms with Gasteiger partial charge in [-0.15, -0.1) is 0 Å². The van der Waals surface area contributed by atoms with Crippen molar-refractivity contribution in [2.24, 2.45) is 0 Å². The number of hydrogen-bond acceptors (Lipinski definition) is 2. The van der Waals surface area contributed by atoms with Crippen LogP contribution < -0.4 is 10.1 Å². The van der Waals surface area contributed by atoms with Crippen LogP contribution in [0.4, 0.5) is 0 Å². The van der Waals surface area contributed by atoms with Gasteiger partial charge in [0.15, 0.2) is 0 Å². The van der Waals surface area contributed by atoms with Gasteiger partial charge in [-0.3, -0.25) is 0 Å². The van der Waals surface area contributed by atoms with Crippen LogP contribution in [0.15, 0.2) is 18.2 Å². The SMILES string of the molecule is CC1(NCC2Cc3cc(Cl)ccc3O2)CC1. The van der Waals surface area contributed by atoms with Crippen molar-refractivity contribution in [2.75, 3.05) is 6.54 Å². The van der Waals surface area contributed by atoms with Crippen LogP contribution in [-0.4, -0.2) is 18.2 Å². The molecule has 0 aromatic heterocycles. The Morgan fingerprint density at radius 3 is 3.06 bits per heavy atom. The Kier molecular flexibility index (Phi) is 2.37. The number of ether oxygens (including phenoxy) is 1. The number of fused-ring (bicyclic) bond motifs is 1. The Morgan fingerprint density at radius 1 is 1.50 bits per heavy atom. The van der Waals surface area contributed by atoms with Crippen molar-refractivity contribution < 1.29 is 4.74 Å². The maximum absolute atomic E-state index is 5.96. The van der Waals surface area contributed by atoms with E-state index in [0.717, 1.165) is 23.7 Å². The first-order valence-electron chi connectivity index (χ1n) is 5.85. The summed E-state index contributed by atoms with van der Waals surface area (Å²) in [5, 5.41) is 4.36. The molecule has 16 heavy (non-hydrogen) atoms. The zero-order chi connectivity index (χ0) is 11.2. The monoisotopic (exact) mass is 237 g/mol. The normalized spacial score (nSPS) is 25.0. The minimum Gasteiger partial charge on any atom is -0.488 e. The van der Waals surface area contributed by atoms with Crippen LogP contribution in [-0.2, 0) is 6.42 Å². The predicted molar refractivity (Wildman–Crippen MR) is 65.2 cm³/mol. The van der Waals surface area contributed by atoms with Gasteiger partial charge in [0.05, 0.1) is 0 Å². The van der Waals surface area contributed by atoms with Crippen molar-refractivity contribution in [3.05, 3.63) is 28.8 Å². The predicted octanol–water partition coefficient (Wildman–Crippen LogP) is 2.79. The van der Waals surface area contributed by atoms with Crippen LogP contribution in [0.25, 0.3) is 0 Å². The van der Waals surface area contributed by atoms with Crippen LogP contribution in [0, 0.1) is 0 Å². The zero-order valence-corrected chi connectivity index (χ0v) is 10.2. The number of halogens is 1. The molecule has 86 valence electrons. The summed E-state index contributed by atoms with van der Waals surface area (Å²) in [4.78, 5) is 0. The molecular weight excluding hydrogens is 222 g/mol. The number of rotatable bonds is 3. The second-order valence-corrected chi connectivity index (χ2v) is 5.57. The van der Waals surface area contributed by atoms with Crippen LogP contribution in [0.5, 0.6) is 5.75 Å². The minimum absolute atomic E-state index is 0.269. The van der Waals surface area contributed by atoms with E-state index < -0.39 is 0 Å². The number of benzene rings is 1. The Hall–Kier alpha value is -0.730. The van der Waals surface area contributed by atoms with Gasteiger partial charge < -0.3 is 10.1 Å². The smallest absolute Gasteiger partial charge is 0.123 e. The zero-order valence-electron chi connectivity index (χ0n) is 9.42. The maximum atomic E-state index is 5.96. The van der Waals surface area contributed by atoms with E-state index in [0.29, 0.717) is 5.54 Å². The molecule has 2 aliphatic rings. The molecule has 1 atom stereocenters. The van der Waals surface area contributed by atoms with Crippen molar-refractivity contribution >= 4 is 11.6 Å². The van der Waals surface area contributed by atoms with E-state index in [1.807, 2.05) is 18.2 Å². The highest BCUT2D eigenvalue weighted by Crippen LogP contribution is 2.35. The third-order valence-corrected chi connectivity index (χ3v) is 3.76. The van der Waals surface area contributed by atoms with Gasteiger partial charge in [-0.2, -0.15) is 0 Å². The summed E-state index contributed by atoms with van der Waals surface area (Å²) in [6, 6.07) is 5.87. The molecule has 1 N–H and O–H groups in total. The van der Waals surface area contributed by atoms with Gasteiger partial charge in [-0.25, -0.2) is 0 Å². The van der Waals surface area contributed by atoms with Gasteiger partial charge in [0, 0.05) is 23.5 Å². The lowest BCUT2D eigenvalue weighted by Gasteiger charge is -2.15. The lowest BCUT2D eigenvalue weighted by Crippen LogP contribution is -2.37. The fourth-order valence-electron chi connectivity index (χ4n) is 2.13. The molecule has 1 aliphatic heterocycles.